The normalized spacial score (nSPS) is 12.3. The molecule has 0 saturated heterocycles. The number of pyridine rings is 1. The topological polar surface area (TPSA) is 124 Å². The summed E-state index contributed by atoms with van der Waals surface area (Å²) in [4.78, 5) is 21.6. The summed E-state index contributed by atoms with van der Waals surface area (Å²) in [6, 6.07) is 15.0. The average Bonchev–Trinajstić information content (AvgIpc) is 3.37. The van der Waals surface area contributed by atoms with Crippen molar-refractivity contribution in [2.75, 3.05) is 0 Å². The van der Waals surface area contributed by atoms with E-state index in [-0.39, 0.29) is 11.6 Å². The second-order valence-electron chi connectivity index (χ2n) is 8.26. The second kappa shape index (κ2) is 9.41. The molecule has 8 heteroatoms. The molecule has 0 aliphatic rings. The van der Waals surface area contributed by atoms with Crippen molar-refractivity contribution >= 4 is 0 Å². The molecule has 172 valence electrons. The number of hydrogen-bond donors (Lipinski definition) is 1. The highest BCUT2D eigenvalue weighted by Gasteiger charge is 2.29. The maximum atomic E-state index is 12.6. The molecule has 0 unspecified atom stereocenters. The Morgan fingerprint density at radius 1 is 1.09 bits per heavy atom. The van der Waals surface area contributed by atoms with E-state index >= 15 is 0 Å². The van der Waals surface area contributed by atoms with Gasteiger partial charge in [-0.3, -0.25) is 14.3 Å². The van der Waals surface area contributed by atoms with Gasteiger partial charge in [-0.1, -0.05) is 37.2 Å². The molecule has 3 aromatic heterocycles. The average molecular weight is 455 g/mol. The molecule has 1 atom stereocenters. The van der Waals surface area contributed by atoms with E-state index in [1.807, 2.05) is 51.1 Å². The SMILES string of the molecule is CCC(C#N)(CC)n1cc(-c2cncc(-c3cc(-c4cccc([C@@H](C)N)c4)no3)n2)ccc1=O. The Labute approximate surface area is 197 Å². The maximum Gasteiger partial charge on any atom is 0.251 e. The minimum absolute atomic E-state index is 0.0858. The molecule has 4 aromatic rings. The zero-order chi connectivity index (χ0) is 24.3. The van der Waals surface area contributed by atoms with Gasteiger partial charge < -0.3 is 10.3 Å². The number of hydrogen-bond acceptors (Lipinski definition) is 7. The van der Waals surface area contributed by atoms with Crippen LogP contribution in [0.2, 0.25) is 0 Å². The first-order valence-electron chi connectivity index (χ1n) is 11.2. The van der Waals surface area contributed by atoms with Gasteiger partial charge in [0.15, 0.2) is 5.76 Å². The number of benzene rings is 1. The van der Waals surface area contributed by atoms with E-state index in [9.17, 15) is 10.1 Å². The number of aromatic nitrogens is 4. The van der Waals surface area contributed by atoms with Gasteiger partial charge in [0.05, 0.1) is 24.2 Å². The van der Waals surface area contributed by atoms with Crippen LogP contribution in [0.1, 0.15) is 45.2 Å². The second-order valence-corrected chi connectivity index (χ2v) is 8.26. The van der Waals surface area contributed by atoms with Crippen molar-refractivity contribution in [3.8, 4) is 40.0 Å². The fourth-order valence-electron chi connectivity index (χ4n) is 3.91. The summed E-state index contributed by atoms with van der Waals surface area (Å²) in [5, 5.41) is 14.0. The zero-order valence-electron chi connectivity index (χ0n) is 19.4. The molecule has 0 spiro atoms. The van der Waals surface area contributed by atoms with Gasteiger partial charge in [-0.2, -0.15) is 5.26 Å². The molecular weight excluding hydrogens is 428 g/mol. The Balaban J connectivity index is 1.71. The van der Waals surface area contributed by atoms with Crippen LogP contribution in [0.25, 0.3) is 34.0 Å². The highest BCUT2D eigenvalue weighted by molar-refractivity contribution is 5.67. The predicted molar refractivity (Wildman–Crippen MR) is 129 cm³/mol. The molecule has 0 fully saturated rings. The Morgan fingerprint density at radius 3 is 2.56 bits per heavy atom. The standard InChI is InChI=1S/C26H26N6O2/c1-4-26(5-2,16-27)32-15-20(9-10-25(32)33)22-13-29-14-23(30-22)24-12-21(31-34-24)19-8-6-7-18(11-19)17(3)28/h6-15,17H,4-5,28H2,1-3H3/t17-/m1/s1. The Bertz CT molecular complexity index is 1410. The van der Waals surface area contributed by atoms with E-state index in [4.69, 9.17) is 10.3 Å². The molecule has 0 radical (unpaired) electrons. The van der Waals surface area contributed by atoms with Gasteiger partial charge in [-0.05, 0) is 37.5 Å². The third kappa shape index (κ3) is 4.26. The van der Waals surface area contributed by atoms with Crippen LogP contribution in [0, 0.1) is 11.3 Å². The van der Waals surface area contributed by atoms with Gasteiger partial charge in [-0.25, -0.2) is 4.98 Å². The molecule has 2 N–H and O–H groups in total. The summed E-state index contributed by atoms with van der Waals surface area (Å²) in [5.41, 5.74) is 9.18. The van der Waals surface area contributed by atoms with E-state index in [0.717, 1.165) is 11.1 Å². The molecule has 1 aromatic carbocycles. The molecule has 0 aliphatic heterocycles. The van der Waals surface area contributed by atoms with Crippen molar-refractivity contribution in [3.05, 3.63) is 77.0 Å². The van der Waals surface area contributed by atoms with Gasteiger partial charge in [0, 0.05) is 35.5 Å². The molecule has 0 aliphatic carbocycles. The Kier molecular flexibility index (Phi) is 6.39. The van der Waals surface area contributed by atoms with Crippen LogP contribution in [0.15, 0.2) is 70.4 Å². The van der Waals surface area contributed by atoms with Crippen LogP contribution >= 0.6 is 0 Å². The van der Waals surface area contributed by atoms with Crippen LogP contribution in [0.5, 0.6) is 0 Å². The molecule has 0 saturated carbocycles. The molecule has 3 heterocycles. The van der Waals surface area contributed by atoms with Crippen LogP contribution in [0.3, 0.4) is 0 Å². The van der Waals surface area contributed by atoms with Gasteiger partial charge in [0.1, 0.15) is 16.9 Å². The van der Waals surface area contributed by atoms with E-state index in [0.29, 0.717) is 41.2 Å². The highest BCUT2D eigenvalue weighted by Crippen LogP contribution is 2.28. The summed E-state index contributed by atoms with van der Waals surface area (Å²) in [7, 11) is 0. The molecule has 34 heavy (non-hydrogen) atoms. The lowest BCUT2D eigenvalue weighted by molar-refractivity contribution is 0.345. The van der Waals surface area contributed by atoms with Crippen molar-refractivity contribution in [2.45, 2.75) is 45.2 Å². The predicted octanol–water partition coefficient (Wildman–Crippen LogP) is 4.69. The van der Waals surface area contributed by atoms with E-state index in [1.54, 1.807) is 24.7 Å². The Hall–Kier alpha value is -4.09. The summed E-state index contributed by atoms with van der Waals surface area (Å²) in [6.07, 6.45) is 5.92. The first kappa shape index (κ1) is 23.1. The van der Waals surface area contributed by atoms with E-state index in [1.165, 1.54) is 10.6 Å². The fraction of sp³-hybridized carbons (Fsp3) is 0.269. The van der Waals surface area contributed by atoms with Gasteiger partial charge in [-0.15, -0.1) is 0 Å². The van der Waals surface area contributed by atoms with Gasteiger partial charge in [0.25, 0.3) is 5.56 Å². The van der Waals surface area contributed by atoms with E-state index < -0.39 is 5.54 Å². The Morgan fingerprint density at radius 2 is 1.85 bits per heavy atom. The largest absolute Gasteiger partial charge is 0.354 e. The van der Waals surface area contributed by atoms with Crippen LogP contribution < -0.4 is 11.3 Å². The highest BCUT2D eigenvalue weighted by atomic mass is 16.5. The third-order valence-corrected chi connectivity index (χ3v) is 6.15. The first-order chi connectivity index (χ1) is 16.4. The number of nitriles is 1. The number of rotatable bonds is 7. The van der Waals surface area contributed by atoms with Crippen molar-refractivity contribution < 1.29 is 4.52 Å². The van der Waals surface area contributed by atoms with Gasteiger partial charge in [0.2, 0.25) is 0 Å². The minimum Gasteiger partial charge on any atom is -0.354 e. The lowest BCUT2D eigenvalue weighted by Gasteiger charge is -2.26. The molecule has 4 rings (SSSR count). The summed E-state index contributed by atoms with van der Waals surface area (Å²) in [5.74, 6) is 0.470. The fourth-order valence-corrected chi connectivity index (χ4v) is 3.91. The third-order valence-electron chi connectivity index (χ3n) is 6.15. The molecule has 8 nitrogen and oxygen atoms in total. The van der Waals surface area contributed by atoms with Crippen LogP contribution in [-0.4, -0.2) is 19.7 Å². The first-order valence-corrected chi connectivity index (χ1v) is 11.2. The lowest BCUT2D eigenvalue weighted by atomic mass is 9.94. The zero-order valence-corrected chi connectivity index (χ0v) is 19.4. The van der Waals surface area contributed by atoms with Crippen LogP contribution in [-0.2, 0) is 5.54 Å². The summed E-state index contributed by atoms with van der Waals surface area (Å²) < 4.78 is 7.06. The van der Waals surface area contributed by atoms with Crippen molar-refractivity contribution in [2.24, 2.45) is 5.73 Å². The van der Waals surface area contributed by atoms with E-state index in [2.05, 4.69) is 21.2 Å². The molecule has 0 amide bonds. The smallest absolute Gasteiger partial charge is 0.251 e. The van der Waals surface area contributed by atoms with Crippen LogP contribution in [0.4, 0.5) is 0 Å². The maximum absolute atomic E-state index is 12.6. The number of nitrogens with two attached hydrogens (primary N) is 1. The summed E-state index contributed by atoms with van der Waals surface area (Å²) in [6.45, 7) is 5.73. The van der Waals surface area contributed by atoms with Crippen molar-refractivity contribution in [1.82, 2.24) is 19.7 Å². The number of nitrogens with zero attached hydrogens (tertiary/aromatic N) is 5. The monoisotopic (exact) mass is 454 g/mol. The quantitative estimate of drug-likeness (QED) is 0.430. The molecular formula is C26H26N6O2. The van der Waals surface area contributed by atoms with Crippen molar-refractivity contribution in [1.29, 1.82) is 5.26 Å². The molecule has 0 bridgehead atoms. The van der Waals surface area contributed by atoms with Crippen molar-refractivity contribution in [3.63, 3.8) is 0 Å². The summed E-state index contributed by atoms with van der Waals surface area (Å²) >= 11 is 0. The minimum atomic E-state index is -0.909. The van der Waals surface area contributed by atoms with Gasteiger partial charge >= 0.3 is 0 Å². The lowest BCUT2D eigenvalue weighted by Crippen LogP contribution is -2.38.